The Morgan fingerprint density at radius 2 is 2.11 bits per heavy atom. The van der Waals surface area contributed by atoms with Crippen LogP contribution in [-0.2, 0) is 11.3 Å². The topological polar surface area (TPSA) is 24.5 Å². The third-order valence-electron chi connectivity index (χ3n) is 2.79. The Morgan fingerprint density at radius 3 is 2.78 bits per heavy atom. The maximum Gasteiger partial charge on any atom is 0.123 e. The first kappa shape index (κ1) is 14.9. The molecule has 0 bridgehead atoms. The van der Waals surface area contributed by atoms with E-state index in [0.717, 1.165) is 30.9 Å². The van der Waals surface area contributed by atoms with Crippen LogP contribution in [0.3, 0.4) is 0 Å². The molecule has 0 aromatic heterocycles. The van der Waals surface area contributed by atoms with E-state index in [1.165, 1.54) is 6.07 Å². The molecule has 0 saturated carbocycles. The molecule has 0 atom stereocenters. The molecular weight excluding hydrogens is 231 g/mol. The molecule has 18 heavy (non-hydrogen) atoms. The van der Waals surface area contributed by atoms with E-state index in [1.807, 2.05) is 27.0 Å². The number of rotatable bonds is 8. The highest BCUT2D eigenvalue weighted by atomic mass is 19.1. The molecule has 1 aromatic carbocycles. The summed E-state index contributed by atoms with van der Waals surface area (Å²) in [6.45, 7) is 7.79. The van der Waals surface area contributed by atoms with Crippen LogP contribution >= 0.6 is 0 Å². The molecule has 0 spiro atoms. The number of nitrogens with one attached hydrogen (secondary N) is 1. The zero-order chi connectivity index (χ0) is 13.4. The second-order valence-electron chi connectivity index (χ2n) is 4.17. The van der Waals surface area contributed by atoms with Crippen molar-refractivity contribution >= 4 is 5.69 Å². The molecule has 0 radical (unpaired) electrons. The summed E-state index contributed by atoms with van der Waals surface area (Å²) in [4.78, 5) is 2.10. The highest BCUT2D eigenvalue weighted by molar-refractivity contribution is 5.53. The lowest BCUT2D eigenvalue weighted by Gasteiger charge is -2.22. The normalized spacial score (nSPS) is 10.7. The number of ether oxygens (including phenoxy) is 1. The first-order valence-electron chi connectivity index (χ1n) is 6.47. The maximum atomic E-state index is 13.3. The van der Waals surface area contributed by atoms with Crippen molar-refractivity contribution in [3.05, 3.63) is 29.6 Å². The van der Waals surface area contributed by atoms with Gasteiger partial charge in [-0.25, -0.2) is 4.39 Å². The van der Waals surface area contributed by atoms with Gasteiger partial charge in [0.1, 0.15) is 5.82 Å². The van der Waals surface area contributed by atoms with Gasteiger partial charge in [0.05, 0.1) is 6.61 Å². The monoisotopic (exact) mass is 254 g/mol. The fourth-order valence-corrected chi connectivity index (χ4v) is 1.79. The number of hydrogen-bond donors (Lipinski definition) is 1. The van der Waals surface area contributed by atoms with Crippen LogP contribution < -0.4 is 10.2 Å². The first-order valence-corrected chi connectivity index (χ1v) is 6.47. The number of anilines is 1. The third kappa shape index (κ3) is 4.63. The molecule has 0 fully saturated rings. The summed E-state index contributed by atoms with van der Waals surface area (Å²) >= 11 is 0. The van der Waals surface area contributed by atoms with Gasteiger partial charge in [-0.2, -0.15) is 0 Å². The minimum Gasteiger partial charge on any atom is -0.380 e. The van der Waals surface area contributed by atoms with Crippen molar-refractivity contribution in [1.29, 1.82) is 0 Å². The van der Waals surface area contributed by atoms with Crippen molar-refractivity contribution in [1.82, 2.24) is 5.32 Å². The van der Waals surface area contributed by atoms with Gasteiger partial charge in [-0.15, -0.1) is 0 Å². The highest BCUT2D eigenvalue weighted by Gasteiger charge is 2.08. The zero-order valence-corrected chi connectivity index (χ0v) is 11.5. The molecule has 0 heterocycles. The highest BCUT2D eigenvalue weighted by Crippen LogP contribution is 2.20. The van der Waals surface area contributed by atoms with Gasteiger partial charge in [-0.1, -0.05) is 6.92 Å². The van der Waals surface area contributed by atoms with Gasteiger partial charge in [0, 0.05) is 32.4 Å². The predicted octanol–water partition coefficient (Wildman–Crippen LogP) is 2.41. The van der Waals surface area contributed by atoms with Gasteiger partial charge >= 0.3 is 0 Å². The number of hydrogen-bond acceptors (Lipinski definition) is 3. The van der Waals surface area contributed by atoms with E-state index < -0.39 is 0 Å². The molecule has 0 saturated heterocycles. The van der Waals surface area contributed by atoms with Crippen LogP contribution in [0.4, 0.5) is 10.1 Å². The van der Waals surface area contributed by atoms with E-state index in [4.69, 9.17) is 4.74 Å². The lowest BCUT2D eigenvalue weighted by molar-refractivity contribution is 0.154. The molecule has 0 aliphatic rings. The van der Waals surface area contributed by atoms with E-state index in [-0.39, 0.29) is 5.82 Å². The minimum absolute atomic E-state index is 0.190. The summed E-state index contributed by atoms with van der Waals surface area (Å²) in [5.41, 5.74) is 2.04. The van der Waals surface area contributed by atoms with Crippen molar-refractivity contribution in [2.24, 2.45) is 0 Å². The molecule has 3 nitrogen and oxygen atoms in total. The smallest absolute Gasteiger partial charge is 0.123 e. The fourth-order valence-electron chi connectivity index (χ4n) is 1.79. The summed E-state index contributed by atoms with van der Waals surface area (Å²) in [5.74, 6) is -0.190. The lowest BCUT2D eigenvalue weighted by Crippen LogP contribution is -2.25. The molecule has 0 aliphatic carbocycles. The average Bonchev–Trinajstić information content (AvgIpc) is 2.36. The quantitative estimate of drug-likeness (QED) is 0.721. The van der Waals surface area contributed by atoms with Crippen molar-refractivity contribution in [3.8, 4) is 0 Å². The van der Waals surface area contributed by atoms with E-state index in [1.54, 1.807) is 6.07 Å². The van der Waals surface area contributed by atoms with Gasteiger partial charge in [-0.3, -0.25) is 0 Å². The summed E-state index contributed by atoms with van der Waals surface area (Å²) in [7, 11) is 2.00. The standard InChI is InChI=1S/C14H23FN2O/c1-4-16-11-12-10-13(15)6-7-14(12)17(3)8-9-18-5-2/h6-7,10,16H,4-5,8-9,11H2,1-3H3. The number of benzene rings is 1. The molecule has 1 rings (SSSR count). The van der Waals surface area contributed by atoms with Crippen LogP contribution in [-0.4, -0.2) is 33.4 Å². The Hall–Kier alpha value is -1.13. The maximum absolute atomic E-state index is 13.3. The predicted molar refractivity (Wildman–Crippen MR) is 73.5 cm³/mol. The Labute approximate surface area is 109 Å². The average molecular weight is 254 g/mol. The Bertz CT molecular complexity index is 358. The third-order valence-corrected chi connectivity index (χ3v) is 2.79. The van der Waals surface area contributed by atoms with Gasteiger partial charge in [0.2, 0.25) is 0 Å². The SMILES string of the molecule is CCNCc1cc(F)ccc1N(C)CCOCC. The molecule has 0 unspecified atom stereocenters. The Kier molecular flexibility index (Phi) is 6.68. The van der Waals surface area contributed by atoms with E-state index in [0.29, 0.717) is 13.2 Å². The van der Waals surface area contributed by atoms with Gasteiger partial charge in [0.15, 0.2) is 0 Å². The summed E-state index contributed by atoms with van der Waals surface area (Å²) in [6, 6.07) is 4.92. The molecule has 4 heteroatoms. The molecule has 0 amide bonds. The van der Waals surface area contributed by atoms with Crippen LogP contribution in [0, 0.1) is 5.82 Å². The van der Waals surface area contributed by atoms with Gasteiger partial charge < -0.3 is 15.0 Å². The molecule has 102 valence electrons. The van der Waals surface area contributed by atoms with Crippen molar-refractivity contribution in [2.75, 3.05) is 38.3 Å². The molecule has 1 N–H and O–H groups in total. The zero-order valence-electron chi connectivity index (χ0n) is 11.5. The fraction of sp³-hybridized carbons (Fsp3) is 0.571. The number of nitrogens with zero attached hydrogens (tertiary/aromatic N) is 1. The largest absolute Gasteiger partial charge is 0.380 e. The Morgan fingerprint density at radius 1 is 1.33 bits per heavy atom. The molecule has 0 aliphatic heterocycles. The van der Waals surface area contributed by atoms with Crippen LogP contribution in [0.5, 0.6) is 0 Å². The second kappa shape index (κ2) is 8.06. The van der Waals surface area contributed by atoms with Crippen LogP contribution in [0.1, 0.15) is 19.4 Å². The van der Waals surface area contributed by atoms with Gasteiger partial charge in [0.25, 0.3) is 0 Å². The van der Waals surface area contributed by atoms with Crippen molar-refractivity contribution in [3.63, 3.8) is 0 Å². The van der Waals surface area contributed by atoms with Crippen molar-refractivity contribution < 1.29 is 9.13 Å². The second-order valence-corrected chi connectivity index (χ2v) is 4.17. The lowest BCUT2D eigenvalue weighted by atomic mass is 10.1. The van der Waals surface area contributed by atoms with E-state index in [9.17, 15) is 4.39 Å². The van der Waals surface area contributed by atoms with Crippen LogP contribution in [0.15, 0.2) is 18.2 Å². The minimum atomic E-state index is -0.190. The first-order chi connectivity index (χ1) is 8.69. The summed E-state index contributed by atoms with van der Waals surface area (Å²) < 4.78 is 18.6. The summed E-state index contributed by atoms with van der Waals surface area (Å²) in [5, 5.41) is 3.23. The van der Waals surface area contributed by atoms with E-state index in [2.05, 4.69) is 10.2 Å². The van der Waals surface area contributed by atoms with Crippen molar-refractivity contribution in [2.45, 2.75) is 20.4 Å². The Balaban J connectivity index is 2.72. The van der Waals surface area contributed by atoms with Gasteiger partial charge in [-0.05, 0) is 37.2 Å². The molecule has 1 aromatic rings. The number of likely N-dealkylation sites (N-methyl/N-ethyl adjacent to an activating group) is 1. The van der Waals surface area contributed by atoms with Crippen LogP contribution in [0.25, 0.3) is 0 Å². The van der Waals surface area contributed by atoms with E-state index >= 15 is 0 Å². The molecular formula is C14H23FN2O. The summed E-state index contributed by atoms with van der Waals surface area (Å²) in [6.07, 6.45) is 0. The van der Waals surface area contributed by atoms with Crippen LogP contribution in [0.2, 0.25) is 0 Å². The number of halogens is 1.